The van der Waals surface area contributed by atoms with Gasteiger partial charge < -0.3 is 14.4 Å². The van der Waals surface area contributed by atoms with Gasteiger partial charge in [-0.3, -0.25) is 9.59 Å². The van der Waals surface area contributed by atoms with Crippen LogP contribution in [0.25, 0.3) is 0 Å². The Labute approximate surface area is 115 Å². The Hall–Kier alpha value is -1.10. The topological polar surface area (TPSA) is 55.8 Å². The smallest absolute Gasteiger partial charge is 0.326 e. The molecule has 0 N–H and O–H groups in total. The van der Waals surface area contributed by atoms with E-state index in [9.17, 15) is 9.59 Å². The summed E-state index contributed by atoms with van der Waals surface area (Å²) in [4.78, 5) is 24.9. The van der Waals surface area contributed by atoms with Crippen molar-refractivity contribution in [1.29, 1.82) is 0 Å². The van der Waals surface area contributed by atoms with Gasteiger partial charge in [0.05, 0.1) is 6.10 Å². The molecule has 0 aromatic carbocycles. The van der Waals surface area contributed by atoms with Gasteiger partial charge in [-0.2, -0.15) is 0 Å². The molecule has 1 fully saturated rings. The average molecular weight is 271 g/mol. The van der Waals surface area contributed by atoms with Crippen LogP contribution in [-0.2, 0) is 19.1 Å². The number of esters is 1. The van der Waals surface area contributed by atoms with E-state index in [4.69, 9.17) is 9.47 Å². The lowest BCUT2D eigenvalue weighted by Crippen LogP contribution is -2.36. The van der Waals surface area contributed by atoms with Crippen LogP contribution in [0.15, 0.2) is 0 Å². The molecule has 1 saturated heterocycles. The van der Waals surface area contributed by atoms with Gasteiger partial charge in [0.1, 0.15) is 12.1 Å². The highest BCUT2D eigenvalue weighted by molar-refractivity contribution is 5.81. The van der Waals surface area contributed by atoms with Crippen molar-refractivity contribution in [1.82, 2.24) is 4.90 Å². The summed E-state index contributed by atoms with van der Waals surface area (Å²) < 4.78 is 10.6. The van der Waals surface area contributed by atoms with Gasteiger partial charge in [-0.05, 0) is 40.0 Å². The number of hydrogen-bond acceptors (Lipinski definition) is 4. The minimum atomic E-state index is -0.515. The third-order valence-corrected chi connectivity index (χ3v) is 2.92. The van der Waals surface area contributed by atoms with Crippen LogP contribution in [0.2, 0.25) is 0 Å². The lowest BCUT2D eigenvalue weighted by atomic mass is 10.1. The van der Waals surface area contributed by atoms with E-state index in [-0.39, 0.29) is 24.5 Å². The summed E-state index contributed by atoms with van der Waals surface area (Å²) in [7, 11) is 1.63. The van der Waals surface area contributed by atoms with Gasteiger partial charge in [0.2, 0.25) is 5.91 Å². The fourth-order valence-electron chi connectivity index (χ4n) is 2.00. The van der Waals surface area contributed by atoms with E-state index in [1.165, 1.54) is 4.90 Å². The summed E-state index contributed by atoms with van der Waals surface area (Å²) in [5.74, 6) is -0.415. The zero-order valence-electron chi connectivity index (χ0n) is 12.4. The van der Waals surface area contributed by atoms with Crippen LogP contribution in [0, 0.1) is 0 Å². The Morgan fingerprint density at radius 1 is 1.37 bits per heavy atom. The molecule has 110 valence electrons. The zero-order chi connectivity index (χ0) is 14.5. The molecule has 1 amide bonds. The largest absolute Gasteiger partial charge is 0.459 e. The summed E-state index contributed by atoms with van der Waals surface area (Å²) in [6.45, 7) is 6.23. The molecular weight excluding hydrogens is 246 g/mol. The van der Waals surface area contributed by atoms with Crippen molar-refractivity contribution in [3.8, 4) is 0 Å². The molecule has 1 atom stereocenters. The van der Waals surface area contributed by atoms with Gasteiger partial charge >= 0.3 is 5.97 Å². The van der Waals surface area contributed by atoms with Crippen molar-refractivity contribution in [2.75, 3.05) is 20.2 Å². The number of ether oxygens (including phenoxy) is 2. The molecule has 1 aliphatic heterocycles. The molecule has 5 nitrogen and oxygen atoms in total. The molecule has 1 heterocycles. The highest BCUT2D eigenvalue weighted by Crippen LogP contribution is 2.17. The van der Waals surface area contributed by atoms with Crippen LogP contribution in [0.1, 0.15) is 46.5 Å². The Morgan fingerprint density at radius 2 is 2.05 bits per heavy atom. The summed E-state index contributed by atoms with van der Waals surface area (Å²) in [5, 5.41) is 0. The Morgan fingerprint density at radius 3 is 2.58 bits per heavy atom. The van der Waals surface area contributed by atoms with E-state index in [1.54, 1.807) is 7.05 Å². The number of nitrogens with zero attached hydrogens (tertiary/aromatic N) is 1. The Balaban J connectivity index is 2.25. The summed E-state index contributed by atoms with van der Waals surface area (Å²) in [6, 6.07) is 0. The first-order valence-corrected chi connectivity index (χ1v) is 6.85. The first-order valence-electron chi connectivity index (χ1n) is 6.85. The molecule has 1 rings (SSSR count). The number of amides is 1. The average Bonchev–Trinajstić information content (AvgIpc) is 2.75. The fourth-order valence-corrected chi connectivity index (χ4v) is 2.00. The van der Waals surface area contributed by atoms with E-state index in [0.29, 0.717) is 6.42 Å². The molecule has 0 bridgehead atoms. The summed E-state index contributed by atoms with van der Waals surface area (Å²) in [5.41, 5.74) is -0.515. The first-order chi connectivity index (χ1) is 8.78. The molecule has 19 heavy (non-hydrogen) atoms. The maximum absolute atomic E-state index is 11.9. The fraction of sp³-hybridized carbons (Fsp3) is 0.857. The normalized spacial score (nSPS) is 19.3. The number of hydrogen-bond donors (Lipinski definition) is 0. The monoisotopic (exact) mass is 271 g/mol. The predicted octanol–water partition coefficient (Wildman–Crippen LogP) is 1.75. The number of likely N-dealkylation sites (N-methyl/N-ethyl adjacent to an activating group) is 1. The van der Waals surface area contributed by atoms with Crippen LogP contribution in [0.4, 0.5) is 0 Å². The molecule has 1 aliphatic rings. The molecule has 0 aromatic heterocycles. The van der Waals surface area contributed by atoms with E-state index in [0.717, 1.165) is 25.9 Å². The summed E-state index contributed by atoms with van der Waals surface area (Å²) in [6.07, 6.45) is 3.47. The van der Waals surface area contributed by atoms with Gasteiger partial charge in [-0.25, -0.2) is 0 Å². The minimum Gasteiger partial charge on any atom is -0.459 e. The Bertz CT molecular complexity index is 316. The molecule has 0 aliphatic carbocycles. The van der Waals surface area contributed by atoms with Crippen molar-refractivity contribution < 1.29 is 19.1 Å². The van der Waals surface area contributed by atoms with Crippen molar-refractivity contribution >= 4 is 11.9 Å². The second-order valence-electron chi connectivity index (χ2n) is 6.01. The third-order valence-electron chi connectivity index (χ3n) is 2.92. The molecule has 0 unspecified atom stereocenters. The second-order valence-corrected chi connectivity index (χ2v) is 6.01. The van der Waals surface area contributed by atoms with Crippen LogP contribution in [0.3, 0.4) is 0 Å². The zero-order valence-corrected chi connectivity index (χ0v) is 12.4. The maximum Gasteiger partial charge on any atom is 0.326 e. The maximum atomic E-state index is 11.9. The van der Waals surface area contributed by atoms with E-state index >= 15 is 0 Å². The van der Waals surface area contributed by atoms with Gasteiger partial charge in [0.15, 0.2) is 0 Å². The minimum absolute atomic E-state index is 0.00161. The second kappa shape index (κ2) is 6.89. The van der Waals surface area contributed by atoms with Crippen LogP contribution < -0.4 is 0 Å². The van der Waals surface area contributed by atoms with Gasteiger partial charge in [0, 0.05) is 20.1 Å². The van der Waals surface area contributed by atoms with Gasteiger partial charge in [-0.15, -0.1) is 0 Å². The molecule has 0 spiro atoms. The van der Waals surface area contributed by atoms with Crippen molar-refractivity contribution in [3.05, 3.63) is 0 Å². The van der Waals surface area contributed by atoms with Crippen molar-refractivity contribution in [2.45, 2.75) is 58.2 Å². The third kappa shape index (κ3) is 6.57. The summed E-state index contributed by atoms with van der Waals surface area (Å²) >= 11 is 0. The van der Waals surface area contributed by atoms with Crippen LogP contribution in [-0.4, -0.2) is 48.7 Å². The molecular formula is C14H25NO4. The highest BCUT2D eigenvalue weighted by Gasteiger charge is 2.21. The predicted molar refractivity (Wildman–Crippen MR) is 71.7 cm³/mol. The lowest BCUT2D eigenvalue weighted by Gasteiger charge is -2.22. The first kappa shape index (κ1) is 16.0. The highest BCUT2D eigenvalue weighted by atomic mass is 16.6. The van der Waals surface area contributed by atoms with Gasteiger partial charge in [-0.1, -0.05) is 0 Å². The molecule has 0 saturated carbocycles. The quantitative estimate of drug-likeness (QED) is 0.715. The van der Waals surface area contributed by atoms with Crippen LogP contribution >= 0.6 is 0 Å². The number of rotatable bonds is 5. The van der Waals surface area contributed by atoms with E-state index in [2.05, 4.69) is 0 Å². The molecule has 0 aromatic rings. The number of carbonyl (C=O) groups excluding carboxylic acids is 2. The van der Waals surface area contributed by atoms with Crippen LogP contribution in [0.5, 0.6) is 0 Å². The lowest BCUT2D eigenvalue weighted by molar-refractivity contribution is -0.158. The molecule has 5 heteroatoms. The van der Waals surface area contributed by atoms with Crippen molar-refractivity contribution in [3.63, 3.8) is 0 Å². The van der Waals surface area contributed by atoms with Crippen molar-refractivity contribution in [2.24, 2.45) is 0 Å². The number of carbonyl (C=O) groups is 2. The SMILES string of the molecule is CN(CC(=O)OC(C)(C)C)C(=O)CC[C@@H]1CCCO1. The van der Waals surface area contributed by atoms with E-state index in [1.807, 2.05) is 20.8 Å². The molecule has 0 radical (unpaired) electrons. The Kier molecular flexibility index (Phi) is 5.79. The standard InChI is InChI=1S/C14H25NO4/c1-14(2,3)19-13(17)10-15(4)12(16)8-7-11-6-5-9-18-11/h11H,5-10H2,1-4H3/t11-/m0/s1. The van der Waals surface area contributed by atoms with Gasteiger partial charge in [0.25, 0.3) is 0 Å². The van der Waals surface area contributed by atoms with E-state index < -0.39 is 5.60 Å².